The van der Waals surface area contributed by atoms with Crippen LogP contribution in [0, 0.1) is 5.92 Å². The smallest absolute Gasteiger partial charge is 0.0661 e. The molecule has 1 aromatic heterocycles. The van der Waals surface area contributed by atoms with E-state index in [9.17, 15) is 0 Å². The Morgan fingerprint density at radius 1 is 1.18 bits per heavy atom. The summed E-state index contributed by atoms with van der Waals surface area (Å²) in [6.45, 7) is 0. The SMILES string of the molecule is Clc1cc(Cl)c2[nH]cc(CC3CCCC3)c2c1. The fraction of sp³-hybridized carbons (Fsp3) is 0.429. The topological polar surface area (TPSA) is 15.8 Å². The van der Waals surface area contributed by atoms with Gasteiger partial charge in [0.25, 0.3) is 0 Å². The zero-order valence-electron chi connectivity index (χ0n) is 9.60. The maximum absolute atomic E-state index is 6.18. The maximum atomic E-state index is 6.18. The van der Waals surface area contributed by atoms with E-state index in [0.717, 1.165) is 22.9 Å². The molecule has 3 rings (SSSR count). The molecule has 1 fully saturated rings. The number of aromatic amines is 1. The molecule has 0 radical (unpaired) electrons. The van der Waals surface area contributed by atoms with E-state index in [1.807, 2.05) is 6.07 Å². The van der Waals surface area contributed by atoms with Gasteiger partial charge in [0, 0.05) is 16.6 Å². The molecule has 1 heterocycles. The quantitative estimate of drug-likeness (QED) is 0.769. The molecule has 1 aliphatic rings. The summed E-state index contributed by atoms with van der Waals surface area (Å²) < 4.78 is 0. The molecule has 1 aromatic carbocycles. The van der Waals surface area contributed by atoms with Crippen LogP contribution in [-0.4, -0.2) is 4.98 Å². The number of aromatic nitrogens is 1. The van der Waals surface area contributed by atoms with Crippen LogP contribution in [0.2, 0.25) is 10.0 Å². The van der Waals surface area contributed by atoms with E-state index in [2.05, 4.69) is 11.2 Å². The van der Waals surface area contributed by atoms with Crippen molar-refractivity contribution in [1.82, 2.24) is 4.98 Å². The lowest BCUT2D eigenvalue weighted by Gasteiger charge is -2.07. The van der Waals surface area contributed by atoms with Gasteiger partial charge >= 0.3 is 0 Å². The van der Waals surface area contributed by atoms with Crippen LogP contribution in [0.3, 0.4) is 0 Å². The van der Waals surface area contributed by atoms with E-state index in [1.54, 1.807) is 6.07 Å². The lowest BCUT2D eigenvalue weighted by Crippen LogP contribution is -1.97. The monoisotopic (exact) mass is 267 g/mol. The molecule has 0 spiro atoms. The van der Waals surface area contributed by atoms with Crippen molar-refractivity contribution in [1.29, 1.82) is 0 Å². The summed E-state index contributed by atoms with van der Waals surface area (Å²) >= 11 is 12.2. The van der Waals surface area contributed by atoms with Crippen molar-refractivity contribution >= 4 is 34.1 Å². The summed E-state index contributed by atoms with van der Waals surface area (Å²) in [6, 6.07) is 3.81. The first-order valence-electron chi connectivity index (χ1n) is 6.19. The molecule has 0 amide bonds. The third-order valence-electron chi connectivity index (χ3n) is 3.78. The molecule has 1 saturated carbocycles. The van der Waals surface area contributed by atoms with E-state index in [-0.39, 0.29) is 0 Å². The second kappa shape index (κ2) is 4.55. The fourth-order valence-corrected chi connectivity index (χ4v) is 3.45. The van der Waals surface area contributed by atoms with E-state index >= 15 is 0 Å². The number of halogens is 2. The van der Waals surface area contributed by atoms with Crippen molar-refractivity contribution in [3.63, 3.8) is 0 Å². The second-order valence-corrected chi connectivity index (χ2v) is 5.82. The highest BCUT2D eigenvalue weighted by Gasteiger charge is 2.17. The Bertz CT molecular complexity index is 538. The van der Waals surface area contributed by atoms with Crippen LogP contribution in [0.25, 0.3) is 10.9 Å². The Morgan fingerprint density at radius 3 is 2.71 bits per heavy atom. The van der Waals surface area contributed by atoms with Crippen molar-refractivity contribution in [3.8, 4) is 0 Å². The van der Waals surface area contributed by atoms with Gasteiger partial charge in [0.2, 0.25) is 0 Å². The number of nitrogens with one attached hydrogen (secondary N) is 1. The summed E-state index contributed by atoms with van der Waals surface area (Å²) in [5, 5.41) is 2.62. The summed E-state index contributed by atoms with van der Waals surface area (Å²) in [7, 11) is 0. The third-order valence-corrected chi connectivity index (χ3v) is 4.29. The maximum Gasteiger partial charge on any atom is 0.0661 e. The van der Waals surface area contributed by atoms with Crippen LogP contribution in [-0.2, 0) is 6.42 Å². The Labute approximate surface area is 111 Å². The van der Waals surface area contributed by atoms with E-state index in [0.29, 0.717) is 5.02 Å². The first kappa shape index (κ1) is 11.4. The molecule has 1 N–H and O–H groups in total. The van der Waals surface area contributed by atoms with Crippen molar-refractivity contribution in [2.24, 2.45) is 5.92 Å². The Kier molecular flexibility index (Phi) is 3.06. The highest BCUT2D eigenvalue weighted by molar-refractivity contribution is 6.38. The molecule has 3 heteroatoms. The van der Waals surface area contributed by atoms with Crippen LogP contribution in [0.15, 0.2) is 18.3 Å². The Morgan fingerprint density at radius 2 is 1.94 bits per heavy atom. The molecular weight excluding hydrogens is 253 g/mol. The number of rotatable bonds is 2. The zero-order chi connectivity index (χ0) is 11.8. The minimum absolute atomic E-state index is 0.713. The predicted molar refractivity (Wildman–Crippen MR) is 74.0 cm³/mol. The van der Waals surface area contributed by atoms with Crippen molar-refractivity contribution in [2.45, 2.75) is 32.1 Å². The largest absolute Gasteiger partial charge is 0.360 e. The average molecular weight is 268 g/mol. The molecule has 0 atom stereocenters. The summed E-state index contributed by atoms with van der Waals surface area (Å²) in [6.07, 6.45) is 8.73. The number of fused-ring (bicyclic) bond motifs is 1. The summed E-state index contributed by atoms with van der Waals surface area (Å²) in [5.74, 6) is 0.840. The molecule has 1 aliphatic carbocycles. The minimum Gasteiger partial charge on any atom is -0.360 e. The van der Waals surface area contributed by atoms with Gasteiger partial charge < -0.3 is 4.98 Å². The van der Waals surface area contributed by atoms with Gasteiger partial charge in [0.1, 0.15) is 0 Å². The van der Waals surface area contributed by atoms with Crippen LogP contribution in [0.4, 0.5) is 0 Å². The lowest BCUT2D eigenvalue weighted by atomic mass is 9.98. The molecule has 17 heavy (non-hydrogen) atoms. The number of H-pyrrole nitrogens is 1. The first-order valence-corrected chi connectivity index (χ1v) is 6.94. The summed E-state index contributed by atoms with van der Waals surface area (Å²) in [4.78, 5) is 3.27. The van der Waals surface area contributed by atoms with Gasteiger partial charge in [-0.05, 0) is 30.0 Å². The molecule has 0 unspecified atom stereocenters. The van der Waals surface area contributed by atoms with Crippen molar-refractivity contribution in [3.05, 3.63) is 33.9 Å². The highest BCUT2D eigenvalue weighted by Crippen LogP contribution is 2.33. The van der Waals surface area contributed by atoms with Gasteiger partial charge in [-0.25, -0.2) is 0 Å². The van der Waals surface area contributed by atoms with E-state index in [4.69, 9.17) is 23.2 Å². The zero-order valence-corrected chi connectivity index (χ0v) is 11.1. The van der Waals surface area contributed by atoms with Crippen molar-refractivity contribution < 1.29 is 0 Å². The molecule has 90 valence electrons. The minimum atomic E-state index is 0.713. The lowest BCUT2D eigenvalue weighted by molar-refractivity contribution is 0.548. The Hall–Kier alpha value is -0.660. The average Bonchev–Trinajstić information content (AvgIpc) is 2.89. The highest BCUT2D eigenvalue weighted by atomic mass is 35.5. The van der Waals surface area contributed by atoms with Gasteiger partial charge in [-0.15, -0.1) is 0 Å². The van der Waals surface area contributed by atoms with Crippen LogP contribution in [0.1, 0.15) is 31.2 Å². The summed E-state index contributed by atoms with van der Waals surface area (Å²) in [5.41, 5.74) is 2.38. The van der Waals surface area contributed by atoms with Crippen LogP contribution in [0.5, 0.6) is 0 Å². The van der Waals surface area contributed by atoms with E-state index in [1.165, 1.54) is 36.6 Å². The number of hydrogen-bond acceptors (Lipinski definition) is 0. The number of hydrogen-bond donors (Lipinski definition) is 1. The van der Waals surface area contributed by atoms with Gasteiger partial charge in [0.05, 0.1) is 10.5 Å². The Balaban J connectivity index is 1.99. The normalized spacial score (nSPS) is 17.1. The van der Waals surface area contributed by atoms with Gasteiger partial charge in [-0.1, -0.05) is 48.9 Å². The second-order valence-electron chi connectivity index (χ2n) is 4.98. The molecule has 0 aliphatic heterocycles. The van der Waals surface area contributed by atoms with Crippen LogP contribution < -0.4 is 0 Å². The van der Waals surface area contributed by atoms with Gasteiger partial charge in [0.15, 0.2) is 0 Å². The molecule has 0 bridgehead atoms. The third kappa shape index (κ3) is 2.19. The molecule has 2 aromatic rings. The predicted octanol–water partition coefficient (Wildman–Crippen LogP) is 5.21. The van der Waals surface area contributed by atoms with Gasteiger partial charge in [-0.3, -0.25) is 0 Å². The molecule has 0 saturated heterocycles. The van der Waals surface area contributed by atoms with E-state index < -0.39 is 0 Å². The standard InChI is InChI=1S/C14H15Cl2N/c15-11-6-12-10(5-9-3-1-2-4-9)8-17-14(12)13(16)7-11/h6-9,17H,1-5H2. The molecular formula is C14H15Cl2N. The first-order chi connectivity index (χ1) is 8.24. The molecule has 1 nitrogen and oxygen atoms in total. The fourth-order valence-electron chi connectivity index (χ4n) is 2.90. The van der Waals surface area contributed by atoms with Crippen molar-refractivity contribution in [2.75, 3.05) is 0 Å². The van der Waals surface area contributed by atoms with Gasteiger partial charge in [-0.2, -0.15) is 0 Å². The number of benzene rings is 1. The van der Waals surface area contributed by atoms with Crippen LogP contribution >= 0.6 is 23.2 Å².